The van der Waals surface area contributed by atoms with Crippen molar-refractivity contribution >= 4 is 17.5 Å². The minimum absolute atomic E-state index is 0.000353. The van der Waals surface area contributed by atoms with E-state index in [1.54, 1.807) is 6.08 Å². The Hall–Kier alpha value is -1.57. The molecule has 4 aliphatic carbocycles. The van der Waals surface area contributed by atoms with Gasteiger partial charge in [0.15, 0.2) is 11.6 Å². The molecule has 0 aromatic heterocycles. The van der Waals surface area contributed by atoms with Crippen LogP contribution in [-0.4, -0.2) is 57.3 Å². The fourth-order valence-electron chi connectivity index (χ4n) is 7.66. The molecule has 0 amide bonds. The van der Waals surface area contributed by atoms with Crippen LogP contribution >= 0.6 is 0 Å². The highest BCUT2D eigenvalue weighted by Crippen LogP contribution is 2.67. The summed E-state index contributed by atoms with van der Waals surface area (Å²) in [6.45, 7) is 4.46. The SMILES string of the molecule is CC(=O)OC1CC(=O)C=C2CC[C@@H]3[C@H]([C@@H](O)C[C@@]4(C)[C@H]3CC[C@]4(O)C(=O)CO)[C@]21C. The third kappa shape index (κ3) is 2.71. The van der Waals surface area contributed by atoms with Crippen molar-refractivity contribution in [3.63, 3.8) is 0 Å². The first-order chi connectivity index (χ1) is 14.0. The van der Waals surface area contributed by atoms with Gasteiger partial charge in [0.05, 0.1) is 6.10 Å². The Morgan fingerprint density at radius 2 is 1.97 bits per heavy atom. The highest BCUT2D eigenvalue weighted by Gasteiger charge is 2.69. The average molecular weight is 421 g/mol. The van der Waals surface area contributed by atoms with Gasteiger partial charge in [-0.25, -0.2) is 0 Å². The van der Waals surface area contributed by atoms with E-state index in [-0.39, 0.29) is 42.8 Å². The second-order valence-electron chi connectivity index (χ2n) is 10.2. The van der Waals surface area contributed by atoms with E-state index in [4.69, 9.17) is 4.74 Å². The molecule has 0 aromatic rings. The van der Waals surface area contributed by atoms with Gasteiger partial charge < -0.3 is 20.1 Å². The van der Waals surface area contributed by atoms with Crippen molar-refractivity contribution in [2.45, 2.75) is 77.1 Å². The smallest absolute Gasteiger partial charge is 0.302 e. The number of hydrogen-bond donors (Lipinski definition) is 3. The third-order valence-corrected chi connectivity index (χ3v) is 9.04. The van der Waals surface area contributed by atoms with Crippen LogP contribution in [0.3, 0.4) is 0 Å². The molecule has 0 spiro atoms. The number of rotatable bonds is 3. The maximum atomic E-state index is 12.5. The topological polar surface area (TPSA) is 121 Å². The number of aliphatic hydroxyl groups is 3. The predicted octanol–water partition coefficient (Wildman–Crippen LogP) is 1.32. The number of fused-ring (bicyclic) bond motifs is 5. The van der Waals surface area contributed by atoms with Crippen molar-refractivity contribution in [2.75, 3.05) is 6.61 Å². The normalized spacial score (nSPS) is 47.6. The molecule has 1 unspecified atom stereocenters. The molecule has 0 saturated heterocycles. The zero-order chi connectivity index (χ0) is 22.1. The van der Waals surface area contributed by atoms with Crippen LogP contribution in [0.2, 0.25) is 0 Å². The molecule has 30 heavy (non-hydrogen) atoms. The summed E-state index contributed by atoms with van der Waals surface area (Å²) in [5.41, 5.74) is -2.21. The summed E-state index contributed by atoms with van der Waals surface area (Å²) in [4.78, 5) is 36.6. The quantitative estimate of drug-likeness (QED) is 0.589. The summed E-state index contributed by atoms with van der Waals surface area (Å²) in [5.74, 6) is -1.31. The number of ketones is 2. The molecule has 0 bridgehead atoms. The van der Waals surface area contributed by atoms with E-state index in [1.807, 2.05) is 13.8 Å². The lowest BCUT2D eigenvalue weighted by Crippen LogP contribution is -2.64. The van der Waals surface area contributed by atoms with Gasteiger partial charge in [0.25, 0.3) is 0 Å². The van der Waals surface area contributed by atoms with Crippen molar-refractivity contribution in [1.82, 2.24) is 0 Å². The van der Waals surface area contributed by atoms with Crippen LogP contribution in [0, 0.1) is 28.6 Å². The van der Waals surface area contributed by atoms with Crippen molar-refractivity contribution in [3.05, 3.63) is 11.6 Å². The first-order valence-electron chi connectivity index (χ1n) is 10.9. The van der Waals surface area contributed by atoms with Crippen LogP contribution in [0.4, 0.5) is 0 Å². The fraction of sp³-hybridized carbons (Fsp3) is 0.783. The maximum absolute atomic E-state index is 12.5. The lowest BCUT2D eigenvalue weighted by atomic mass is 9.44. The second kappa shape index (κ2) is 6.97. The van der Waals surface area contributed by atoms with Gasteiger partial charge in [-0.1, -0.05) is 19.4 Å². The first-order valence-corrected chi connectivity index (χ1v) is 10.9. The molecule has 3 N–H and O–H groups in total. The number of Topliss-reactive ketones (excluding diaryl/α,β-unsaturated/α-hetero) is 1. The van der Waals surface area contributed by atoms with Crippen molar-refractivity contribution < 1.29 is 34.4 Å². The Balaban J connectivity index is 1.77. The Kier molecular flexibility index (Phi) is 5.03. The molecule has 8 atom stereocenters. The van der Waals surface area contributed by atoms with E-state index in [0.29, 0.717) is 12.8 Å². The van der Waals surface area contributed by atoms with Gasteiger partial charge in [-0.05, 0) is 50.0 Å². The first kappa shape index (κ1) is 21.7. The summed E-state index contributed by atoms with van der Waals surface area (Å²) in [6, 6.07) is 0. The van der Waals surface area contributed by atoms with Gasteiger partial charge >= 0.3 is 5.97 Å². The molecule has 0 aliphatic heterocycles. The van der Waals surface area contributed by atoms with E-state index in [0.717, 1.165) is 12.0 Å². The number of aliphatic hydroxyl groups excluding tert-OH is 2. The lowest BCUT2D eigenvalue weighted by Gasteiger charge is -2.61. The molecule has 0 radical (unpaired) electrons. The molecule has 7 heteroatoms. The van der Waals surface area contributed by atoms with E-state index in [9.17, 15) is 29.7 Å². The van der Waals surface area contributed by atoms with E-state index in [1.165, 1.54) is 6.92 Å². The van der Waals surface area contributed by atoms with E-state index < -0.39 is 47.0 Å². The Labute approximate surface area is 176 Å². The highest BCUT2D eigenvalue weighted by atomic mass is 16.5. The second-order valence-corrected chi connectivity index (χ2v) is 10.2. The predicted molar refractivity (Wildman–Crippen MR) is 106 cm³/mol. The Morgan fingerprint density at radius 3 is 2.60 bits per heavy atom. The molecular weight excluding hydrogens is 388 g/mol. The monoisotopic (exact) mass is 420 g/mol. The summed E-state index contributed by atoms with van der Waals surface area (Å²) in [5, 5.41) is 32.1. The maximum Gasteiger partial charge on any atom is 0.302 e. The van der Waals surface area contributed by atoms with E-state index >= 15 is 0 Å². The minimum atomic E-state index is -1.65. The molecule has 3 saturated carbocycles. The zero-order valence-electron chi connectivity index (χ0n) is 17.9. The molecule has 4 aliphatic rings. The standard InChI is InChI=1S/C23H32O7/c1-12(25)30-19-9-14(26)8-13-4-5-15-16-6-7-23(29,18(28)11-24)21(16,2)10-17(27)20(15)22(13,19)3/h8,15-17,19-20,24,27,29H,4-7,9-11H2,1-3H3/t15-,16-,17-,19?,20+,21-,22+,23-/m0/s1. The van der Waals surface area contributed by atoms with Crippen LogP contribution in [0.15, 0.2) is 11.6 Å². The fourth-order valence-corrected chi connectivity index (χ4v) is 7.66. The molecule has 166 valence electrons. The van der Waals surface area contributed by atoms with E-state index in [2.05, 4.69) is 0 Å². The van der Waals surface area contributed by atoms with Gasteiger partial charge in [0.1, 0.15) is 18.3 Å². The van der Waals surface area contributed by atoms with Gasteiger partial charge in [0, 0.05) is 30.1 Å². The van der Waals surface area contributed by atoms with Gasteiger partial charge in [-0.15, -0.1) is 0 Å². The molecule has 7 nitrogen and oxygen atoms in total. The molecular formula is C23H32O7. The molecule has 4 rings (SSSR count). The summed E-state index contributed by atoms with van der Waals surface area (Å²) in [7, 11) is 0. The number of carbonyl (C=O) groups is 3. The van der Waals surface area contributed by atoms with Gasteiger partial charge in [0.2, 0.25) is 0 Å². The van der Waals surface area contributed by atoms with Crippen molar-refractivity contribution in [2.24, 2.45) is 28.6 Å². The molecule has 0 aromatic carbocycles. The van der Waals surface area contributed by atoms with Crippen LogP contribution in [0.5, 0.6) is 0 Å². The summed E-state index contributed by atoms with van der Waals surface area (Å²) in [6.07, 6.45) is 2.85. The molecule has 0 heterocycles. The van der Waals surface area contributed by atoms with Crippen molar-refractivity contribution in [1.29, 1.82) is 0 Å². The minimum Gasteiger partial charge on any atom is -0.461 e. The largest absolute Gasteiger partial charge is 0.461 e. The zero-order valence-corrected chi connectivity index (χ0v) is 17.9. The molecule has 3 fully saturated rings. The number of esters is 1. The Bertz CT molecular complexity index is 818. The number of hydrogen-bond acceptors (Lipinski definition) is 7. The van der Waals surface area contributed by atoms with Crippen LogP contribution in [0.25, 0.3) is 0 Å². The lowest BCUT2D eigenvalue weighted by molar-refractivity contribution is -0.197. The van der Waals surface area contributed by atoms with Crippen LogP contribution in [0.1, 0.15) is 59.3 Å². The summed E-state index contributed by atoms with van der Waals surface area (Å²) >= 11 is 0. The van der Waals surface area contributed by atoms with Gasteiger partial charge in [-0.2, -0.15) is 0 Å². The Morgan fingerprint density at radius 1 is 1.27 bits per heavy atom. The van der Waals surface area contributed by atoms with Crippen LogP contribution < -0.4 is 0 Å². The highest BCUT2D eigenvalue weighted by molar-refractivity contribution is 5.92. The van der Waals surface area contributed by atoms with Crippen molar-refractivity contribution in [3.8, 4) is 0 Å². The number of carbonyl (C=O) groups excluding carboxylic acids is 3. The summed E-state index contributed by atoms with van der Waals surface area (Å²) < 4.78 is 5.62. The average Bonchev–Trinajstić information content (AvgIpc) is 2.93. The number of ether oxygens (including phenoxy) is 1. The van der Waals surface area contributed by atoms with Crippen LogP contribution in [-0.2, 0) is 19.1 Å². The van der Waals surface area contributed by atoms with Gasteiger partial charge in [-0.3, -0.25) is 14.4 Å². The third-order valence-electron chi connectivity index (χ3n) is 9.04.